The maximum Gasteiger partial charge on any atom is 0.389 e. The van der Waals surface area contributed by atoms with E-state index in [1.807, 2.05) is 6.92 Å². The lowest BCUT2D eigenvalue weighted by Crippen LogP contribution is -2.38. The highest BCUT2D eigenvalue weighted by Gasteiger charge is 2.25. The van der Waals surface area contributed by atoms with Crippen molar-refractivity contribution in [2.45, 2.75) is 58.2 Å². The van der Waals surface area contributed by atoms with Crippen LogP contribution in [0.15, 0.2) is 29.3 Å². The summed E-state index contributed by atoms with van der Waals surface area (Å²) in [6, 6.07) is 8.56. The first-order chi connectivity index (χ1) is 12.9. The smallest absolute Gasteiger partial charge is 0.372 e. The maximum absolute atomic E-state index is 12.2. The Morgan fingerprint density at radius 3 is 2.63 bits per heavy atom. The third-order valence-electron chi connectivity index (χ3n) is 4.68. The summed E-state index contributed by atoms with van der Waals surface area (Å²) in [6.07, 6.45) is -1.81. The summed E-state index contributed by atoms with van der Waals surface area (Å²) in [5, 5.41) is 6.52. The van der Waals surface area contributed by atoms with Gasteiger partial charge in [-0.25, -0.2) is 0 Å². The average Bonchev–Trinajstić information content (AvgIpc) is 3.15. The van der Waals surface area contributed by atoms with E-state index in [4.69, 9.17) is 0 Å². The van der Waals surface area contributed by atoms with Crippen molar-refractivity contribution < 1.29 is 13.2 Å². The average molecular weight is 384 g/mol. The fourth-order valence-electron chi connectivity index (χ4n) is 3.20. The normalized spacial score (nSPS) is 16.5. The lowest BCUT2D eigenvalue weighted by molar-refractivity contribution is -0.135. The first kappa shape index (κ1) is 21.4. The first-order valence-corrected chi connectivity index (χ1v) is 9.85. The predicted molar refractivity (Wildman–Crippen MR) is 105 cm³/mol. The first-order valence-electron chi connectivity index (χ1n) is 9.85. The zero-order chi connectivity index (χ0) is 19.7. The van der Waals surface area contributed by atoms with Crippen LogP contribution in [0.1, 0.15) is 57.6 Å². The van der Waals surface area contributed by atoms with Gasteiger partial charge in [-0.3, -0.25) is 4.99 Å². The van der Waals surface area contributed by atoms with Gasteiger partial charge in [-0.1, -0.05) is 12.1 Å². The number of hydrogen-bond donors (Lipinski definition) is 2. The van der Waals surface area contributed by atoms with E-state index in [9.17, 15) is 13.2 Å². The van der Waals surface area contributed by atoms with Gasteiger partial charge < -0.3 is 15.5 Å². The van der Waals surface area contributed by atoms with E-state index in [1.165, 1.54) is 24.1 Å². The Labute approximate surface area is 160 Å². The molecular weight excluding hydrogens is 353 g/mol. The predicted octanol–water partition coefficient (Wildman–Crippen LogP) is 4.64. The molecule has 0 bridgehead atoms. The van der Waals surface area contributed by atoms with Crippen LogP contribution in [-0.4, -0.2) is 38.3 Å². The van der Waals surface area contributed by atoms with Crippen molar-refractivity contribution >= 4 is 11.6 Å². The lowest BCUT2D eigenvalue weighted by Gasteiger charge is -2.22. The molecule has 1 aromatic carbocycles. The molecule has 1 aromatic rings. The molecule has 0 amide bonds. The third kappa shape index (κ3) is 7.69. The number of nitrogens with zero attached hydrogens (tertiary/aromatic N) is 2. The molecule has 7 heteroatoms. The Morgan fingerprint density at radius 1 is 1.22 bits per heavy atom. The van der Waals surface area contributed by atoms with E-state index in [0.717, 1.165) is 13.1 Å². The summed E-state index contributed by atoms with van der Waals surface area (Å²) in [4.78, 5) is 6.81. The number of guanidine groups is 1. The van der Waals surface area contributed by atoms with Gasteiger partial charge in [0.2, 0.25) is 0 Å². The van der Waals surface area contributed by atoms with Crippen molar-refractivity contribution in [1.82, 2.24) is 10.6 Å². The van der Waals surface area contributed by atoms with Gasteiger partial charge >= 0.3 is 6.18 Å². The van der Waals surface area contributed by atoms with Crippen molar-refractivity contribution in [2.75, 3.05) is 31.1 Å². The topological polar surface area (TPSA) is 39.7 Å². The van der Waals surface area contributed by atoms with Crippen LogP contribution in [0.5, 0.6) is 0 Å². The quantitative estimate of drug-likeness (QED) is 0.390. The van der Waals surface area contributed by atoms with Crippen molar-refractivity contribution in [3.8, 4) is 0 Å². The summed E-state index contributed by atoms with van der Waals surface area (Å²) in [5.41, 5.74) is 2.41. The third-order valence-corrected chi connectivity index (χ3v) is 4.68. The number of unbranched alkanes of at least 4 members (excludes halogenated alkanes) is 1. The van der Waals surface area contributed by atoms with E-state index in [1.54, 1.807) is 0 Å². The molecule has 1 atom stereocenters. The summed E-state index contributed by atoms with van der Waals surface area (Å²) in [5.74, 6) is 0.642. The molecule has 1 heterocycles. The van der Waals surface area contributed by atoms with Crippen LogP contribution in [0.3, 0.4) is 0 Å². The number of alkyl halides is 3. The summed E-state index contributed by atoms with van der Waals surface area (Å²) in [6.45, 7) is 7.33. The highest BCUT2D eigenvalue weighted by Crippen LogP contribution is 2.24. The van der Waals surface area contributed by atoms with Crippen LogP contribution in [0, 0.1) is 0 Å². The van der Waals surface area contributed by atoms with Crippen molar-refractivity contribution in [1.29, 1.82) is 0 Å². The van der Waals surface area contributed by atoms with Crippen LogP contribution >= 0.6 is 0 Å². The molecule has 2 rings (SSSR count). The van der Waals surface area contributed by atoms with Crippen LogP contribution in [0.25, 0.3) is 0 Å². The van der Waals surface area contributed by atoms with E-state index in [-0.39, 0.29) is 12.5 Å². The molecule has 0 saturated carbocycles. The second kappa shape index (κ2) is 10.4. The van der Waals surface area contributed by atoms with Gasteiger partial charge in [0.25, 0.3) is 0 Å². The van der Waals surface area contributed by atoms with Crippen molar-refractivity contribution in [3.63, 3.8) is 0 Å². The number of anilines is 1. The highest BCUT2D eigenvalue weighted by molar-refractivity contribution is 5.80. The largest absolute Gasteiger partial charge is 0.389 e. The van der Waals surface area contributed by atoms with Gasteiger partial charge in [-0.05, 0) is 57.2 Å². The fourth-order valence-corrected chi connectivity index (χ4v) is 3.20. The molecule has 1 aliphatic rings. The van der Waals surface area contributed by atoms with Gasteiger partial charge in [0.05, 0.1) is 6.04 Å². The Hall–Kier alpha value is -1.92. The van der Waals surface area contributed by atoms with Gasteiger partial charge in [0.1, 0.15) is 0 Å². The van der Waals surface area contributed by atoms with Crippen molar-refractivity contribution in [3.05, 3.63) is 29.8 Å². The number of rotatable bonds is 8. The minimum absolute atomic E-state index is 0.0560. The monoisotopic (exact) mass is 384 g/mol. The highest BCUT2D eigenvalue weighted by atomic mass is 19.4. The van der Waals surface area contributed by atoms with E-state index < -0.39 is 12.6 Å². The zero-order valence-corrected chi connectivity index (χ0v) is 16.3. The van der Waals surface area contributed by atoms with Crippen molar-refractivity contribution in [2.24, 2.45) is 4.99 Å². The maximum atomic E-state index is 12.2. The minimum atomic E-state index is -4.08. The molecule has 1 saturated heterocycles. The van der Waals surface area contributed by atoms with Crippen LogP contribution in [0.4, 0.5) is 18.9 Å². The van der Waals surface area contributed by atoms with Gasteiger partial charge in [-0.15, -0.1) is 0 Å². The van der Waals surface area contributed by atoms with E-state index in [2.05, 4.69) is 51.7 Å². The minimum Gasteiger partial charge on any atom is -0.372 e. The number of aliphatic imine (C=N–C) groups is 1. The van der Waals surface area contributed by atoms with E-state index in [0.29, 0.717) is 25.5 Å². The molecule has 0 spiro atoms. The Bertz CT molecular complexity index is 595. The molecule has 2 N–H and O–H groups in total. The molecule has 27 heavy (non-hydrogen) atoms. The molecule has 0 aliphatic carbocycles. The number of halogens is 3. The number of nitrogens with one attached hydrogen (secondary N) is 2. The molecule has 1 fully saturated rings. The molecule has 1 unspecified atom stereocenters. The molecular formula is C20H31F3N4. The van der Waals surface area contributed by atoms with Gasteiger partial charge in [0, 0.05) is 38.3 Å². The molecule has 152 valence electrons. The summed E-state index contributed by atoms with van der Waals surface area (Å²) in [7, 11) is 0. The Morgan fingerprint density at radius 2 is 1.96 bits per heavy atom. The van der Waals surface area contributed by atoms with Gasteiger partial charge in [-0.2, -0.15) is 13.2 Å². The van der Waals surface area contributed by atoms with Crippen LogP contribution < -0.4 is 15.5 Å². The van der Waals surface area contributed by atoms with E-state index >= 15 is 0 Å². The molecule has 4 nitrogen and oxygen atoms in total. The molecule has 0 aromatic heterocycles. The molecule has 0 radical (unpaired) electrons. The zero-order valence-electron chi connectivity index (χ0n) is 16.3. The van der Waals surface area contributed by atoms with Gasteiger partial charge in [0.15, 0.2) is 5.96 Å². The Kier molecular flexibility index (Phi) is 8.25. The summed E-state index contributed by atoms with van der Waals surface area (Å²) >= 11 is 0. The standard InChI is InChI=1S/C20H31F3N4/c1-3-24-19(25-12-5-4-11-20(21,22)23)26-16(2)17-9-8-10-18(15-17)27-13-6-7-14-27/h8-10,15-16H,3-7,11-14H2,1-2H3,(H2,24,25,26). The Balaban J connectivity index is 1.90. The molecule has 1 aliphatic heterocycles. The number of benzene rings is 1. The second-order valence-corrected chi connectivity index (χ2v) is 6.99. The fraction of sp³-hybridized carbons (Fsp3) is 0.650. The van der Waals surface area contributed by atoms with Crippen LogP contribution in [0.2, 0.25) is 0 Å². The SMILES string of the molecule is CCNC(=NCCCCC(F)(F)F)NC(C)c1cccc(N2CCCC2)c1. The summed E-state index contributed by atoms with van der Waals surface area (Å²) < 4.78 is 36.6. The second-order valence-electron chi connectivity index (χ2n) is 6.99. The van der Waals surface area contributed by atoms with Crippen LogP contribution in [-0.2, 0) is 0 Å². The lowest BCUT2D eigenvalue weighted by atomic mass is 10.1. The number of hydrogen-bond acceptors (Lipinski definition) is 2.